The molecule has 0 aliphatic rings. The van der Waals surface area contributed by atoms with Crippen LogP contribution in [0.15, 0.2) is 24.3 Å². The molecule has 0 aliphatic carbocycles. The summed E-state index contributed by atoms with van der Waals surface area (Å²) in [6, 6.07) is 5.07. The quantitative estimate of drug-likeness (QED) is 0.619. The molecule has 1 aromatic rings. The zero-order valence-corrected chi connectivity index (χ0v) is 13.0. The Bertz CT molecular complexity index is 522. The van der Waals surface area contributed by atoms with E-state index in [-0.39, 0.29) is 11.9 Å². The lowest BCUT2D eigenvalue weighted by molar-refractivity contribution is -0.149. The molecule has 2 N–H and O–H groups in total. The summed E-state index contributed by atoms with van der Waals surface area (Å²) in [6.45, 7) is 4.78. The van der Waals surface area contributed by atoms with E-state index in [1.165, 1.54) is 19.1 Å². The molecule has 8 heteroatoms. The van der Waals surface area contributed by atoms with Crippen molar-refractivity contribution in [3.05, 3.63) is 29.3 Å². The maximum absolute atomic E-state index is 11.9. The average Bonchev–Trinajstić information content (AvgIpc) is 2.26. The number of halogens is 1. The molecule has 6 nitrogen and oxygen atoms in total. The Balaban J connectivity index is 2.65. The monoisotopic (exact) mass is 321 g/mol. The summed E-state index contributed by atoms with van der Waals surface area (Å²) in [5, 5.41) is 2.57. The third kappa shape index (κ3) is 5.92. The standard InChI is InChI=1S/C12H17ClNO5P/c1-8(2)18-12(15)9(3)14-20(16,17)19-11-6-4-5-10(13)7-11/h4-9H,1-3H3,(H2,14,16,17)/t9-/m0/s1. The first-order valence-corrected chi connectivity index (χ1v) is 7.91. The van der Waals surface area contributed by atoms with Gasteiger partial charge in [-0.2, -0.15) is 5.09 Å². The van der Waals surface area contributed by atoms with Crippen LogP contribution in [0.2, 0.25) is 5.02 Å². The fraction of sp³-hybridized carbons (Fsp3) is 0.417. The van der Waals surface area contributed by atoms with Gasteiger partial charge in [0.1, 0.15) is 11.8 Å². The van der Waals surface area contributed by atoms with Crippen LogP contribution in [0.25, 0.3) is 0 Å². The molecule has 0 spiro atoms. The summed E-state index contributed by atoms with van der Waals surface area (Å²) in [4.78, 5) is 21.2. The second kappa shape index (κ2) is 7.09. The molecule has 1 unspecified atom stereocenters. The van der Waals surface area contributed by atoms with E-state index in [4.69, 9.17) is 20.9 Å². The molecular weight excluding hydrogens is 305 g/mol. The van der Waals surface area contributed by atoms with Crippen molar-refractivity contribution in [2.45, 2.75) is 32.9 Å². The molecule has 112 valence electrons. The first-order valence-electron chi connectivity index (χ1n) is 5.96. The number of nitrogens with one attached hydrogen (secondary N) is 1. The lowest BCUT2D eigenvalue weighted by atomic mass is 10.3. The van der Waals surface area contributed by atoms with E-state index in [2.05, 4.69) is 5.09 Å². The fourth-order valence-electron chi connectivity index (χ4n) is 1.32. The van der Waals surface area contributed by atoms with Gasteiger partial charge in [-0.05, 0) is 39.0 Å². The number of hydrogen-bond donors (Lipinski definition) is 2. The normalized spacial score (nSPS) is 15.5. The van der Waals surface area contributed by atoms with Crippen molar-refractivity contribution in [3.8, 4) is 5.75 Å². The number of benzene rings is 1. The zero-order chi connectivity index (χ0) is 15.3. The summed E-state index contributed by atoms with van der Waals surface area (Å²) < 4.78 is 21.7. The predicted octanol–water partition coefficient (Wildman–Crippen LogP) is 2.75. The molecule has 1 aromatic carbocycles. The minimum Gasteiger partial charge on any atom is -0.462 e. The van der Waals surface area contributed by atoms with Crippen LogP contribution in [0.1, 0.15) is 20.8 Å². The van der Waals surface area contributed by atoms with Crippen LogP contribution in [-0.4, -0.2) is 23.0 Å². The number of ether oxygens (including phenoxy) is 1. The molecule has 0 saturated heterocycles. The highest BCUT2D eigenvalue weighted by Crippen LogP contribution is 2.39. The van der Waals surface area contributed by atoms with Crippen LogP contribution in [0, 0.1) is 0 Å². The first kappa shape index (κ1) is 17.0. The van der Waals surface area contributed by atoms with Crippen LogP contribution in [0.5, 0.6) is 5.75 Å². The Kier molecular flexibility index (Phi) is 6.02. The van der Waals surface area contributed by atoms with Gasteiger partial charge in [-0.15, -0.1) is 0 Å². The van der Waals surface area contributed by atoms with E-state index in [1.807, 2.05) is 0 Å². The molecule has 0 amide bonds. The van der Waals surface area contributed by atoms with Crippen LogP contribution in [-0.2, 0) is 14.1 Å². The van der Waals surface area contributed by atoms with Crippen molar-refractivity contribution in [1.82, 2.24) is 5.09 Å². The van der Waals surface area contributed by atoms with Crippen LogP contribution in [0.4, 0.5) is 0 Å². The third-order valence-corrected chi connectivity index (χ3v) is 3.49. The zero-order valence-electron chi connectivity index (χ0n) is 11.4. The van der Waals surface area contributed by atoms with Gasteiger partial charge in [0.05, 0.1) is 6.10 Å². The van der Waals surface area contributed by atoms with Crippen molar-refractivity contribution in [1.29, 1.82) is 0 Å². The van der Waals surface area contributed by atoms with Gasteiger partial charge < -0.3 is 14.2 Å². The highest BCUT2D eigenvalue weighted by Gasteiger charge is 2.28. The van der Waals surface area contributed by atoms with Crippen molar-refractivity contribution in [2.24, 2.45) is 0 Å². The molecule has 2 atom stereocenters. The van der Waals surface area contributed by atoms with Gasteiger partial charge in [0, 0.05) is 5.02 Å². The van der Waals surface area contributed by atoms with E-state index in [0.717, 1.165) is 0 Å². The summed E-state index contributed by atoms with van der Waals surface area (Å²) in [6.07, 6.45) is -0.307. The molecule has 1 rings (SSSR count). The summed E-state index contributed by atoms with van der Waals surface area (Å²) in [5.74, 6) is -0.510. The van der Waals surface area contributed by atoms with Crippen molar-refractivity contribution < 1.29 is 23.5 Å². The highest BCUT2D eigenvalue weighted by atomic mass is 35.5. The van der Waals surface area contributed by atoms with Gasteiger partial charge in [-0.3, -0.25) is 4.79 Å². The largest absolute Gasteiger partial charge is 0.462 e. The first-order chi connectivity index (χ1) is 9.19. The van der Waals surface area contributed by atoms with Crippen LogP contribution in [0.3, 0.4) is 0 Å². The van der Waals surface area contributed by atoms with Gasteiger partial charge in [-0.1, -0.05) is 17.7 Å². The number of esters is 1. The molecule has 20 heavy (non-hydrogen) atoms. The summed E-state index contributed by atoms with van der Waals surface area (Å²) >= 11 is 5.74. The van der Waals surface area contributed by atoms with E-state index in [1.54, 1.807) is 26.0 Å². The lowest BCUT2D eigenvalue weighted by Gasteiger charge is -2.19. The maximum Gasteiger partial charge on any atom is 0.456 e. The Morgan fingerprint density at radius 3 is 2.60 bits per heavy atom. The van der Waals surface area contributed by atoms with Gasteiger partial charge in [-0.25, -0.2) is 4.57 Å². The van der Waals surface area contributed by atoms with Crippen LogP contribution < -0.4 is 9.61 Å². The van der Waals surface area contributed by atoms with Crippen molar-refractivity contribution in [3.63, 3.8) is 0 Å². The minimum absolute atomic E-state index is 0.125. The molecule has 0 aromatic heterocycles. The van der Waals surface area contributed by atoms with Gasteiger partial charge in [0.25, 0.3) is 0 Å². The predicted molar refractivity (Wildman–Crippen MR) is 75.7 cm³/mol. The third-order valence-electron chi connectivity index (χ3n) is 2.09. The van der Waals surface area contributed by atoms with E-state index in [9.17, 15) is 14.3 Å². The second-order valence-electron chi connectivity index (χ2n) is 4.41. The number of carbonyl (C=O) groups excluding carboxylic acids is 1. The molecule has 0 heterocycles. The van der Waals surface area contributed by atoms with Crippen molar-refractivity contribution >= 4 is 25.3 Å². The average molecular weight is 322 g/mol. The smallest absolute Gasteiger partial charge is 0.456 e. The Labute approximate surface area is 122 Å². The Hall–Kier alpha value is -1.07. The topological polar surface area (TPSA) is 84.9 Å². The Morgan fingerprint density at radius 1 is 1.40 bits per heavy atom. The van der Waals surface area contributed by atoms with Gasteiger partial charge in [0.15, 0.2) is 0 Å². The fourth-order valence-corrected chi connectivity index (χ4v) is 2.55. The van der Waals surface area contributed by atoms with Gasteiger partial charge >= 0.3 is 13.7 Å². The van der Waals surface area contributed by atoms with E-state index >= 15 is 0 Å². The number of hydrogen-bond acceptors (Lipinski definition) is 4. The number of carbonyl (C=O) groups is 1. The molecule has 0 fully saturated rings. The molecule has 0 bridgehead atoms. The summed E-state index contributed by atoms with van der Waals surface area (Å²) in [5.41, 5.74) is 0. The molecular formula is C12H17ClNO5P. The van der Waals surface area contributed by atoms with Crippen molar-refractivity contribution in [2.75, 3.05) is 0 Å². The van der Waals surface area contributed by atoms with Crippen LogP contribution >= 0.6 is 19.3 Å². The Morgan fingerprint density at radius 2 is 2.05 bits per heavy atom. The minimum atomic E-state index is -4.20. The molecule has 0 aliphatic heterocycles. The maximum atomic E-state index is 11.9. The molecule has 0 saturated carbocycles. The van der Waals surface area contributed by atoms with Gasteiger partial charge in [0.2, 0.25) is 0 Å². The highest BCUT2D eigenvalue weighted by molar-refractivity contribution is 7.51. The molecule has 0 radical (unpaired) electrons. The van der Waals surface area contributed by atoms with E-state index < -0.39 is 19.8 Å². The second-order valence-corrected chi connectivity index (χ2v) is 6.32. The SMILES string of the molecule is CC(C)OC(=O)[C@H](C)NP(=O)(O)Oc1cccc(Cl)c1. The number of rotatable bonds is 6. The summed E-state index contributed by atoms with van der Waals surface area (Å²) in [7, 11) is -4.20. The van der Waals surface area contributed by atoms with E-state index in [0.29, 0.717) is 5.02 Å². The lowest BCUT2D eigenvalue weighted by Crippen LogP contribution is -2.35.